The van der Waals surface area contributed by atoms with Crippen LogP contribution in [-0.4, -0.2) is 75.3 Å². The zero-order chi connectivity index (χ0) is 13.9. The van der Waals surface area contributed by atoms with E-state index < -0.39 is 6.10 Å². The third-order valence-electron chi connectivity index (χ3n) is 3.40. The lowest BCUT2D eigenvalue weighted by molar-refractivity contribution is -0.00428. The molecule has 19 heavy (non-hydrogen) atoms. The van der Waals surface area contributed by atoms with Gasteiger partial charge in [-0.2, -0.15) is 0 Å². The number of methoxy groups -OCH3 is 1. The Labute approximate surface area is 117 Å². The second kappa shape index (κ2) is 10.6. The lowest BCUT2D eigenvalue weighted by Gasteiger charge is -2.34. The summed E-state index contributed by atoms with van der Waals surface area (Å²) in [6.45, 7) is 7.63. The number of nitrogens with zero attached hydrogens (tertiary/aromatic N) is 1. The molecule has 0 aromatic rings. The van der Waals surface area contributed by atoms with Crippen LogP contribution in [0, 0.1) is 0 Å². The van der Waals surface area contributed by atoms with Crippen molar-refractivity contribution in [1.29, 1.82) is 0 Å². The minimum Gasteiger partial charge on any atom is -0.389 e. The van der Waals surface area contributed by atoms with E-state index in [9.17, 15) is 5.11 Å². The van der Waals surface area contributed by atoms with Gasteiger partial charge in [0.2, 0.25) is 0 Å². The molecule has 1 fully saturated rings. The summed E-state index contributed by atoms with van der Waals surface area (Å²) in [5, 5.41) is 13.5. The second-order valence-electron chi connectivity index (χ2n) is 5.27. The zero-order valence-corrected chi connectivity index (χ0v) is 12.4. The molecule has 1 aliphatic rings. The lowest BCUT2D eigenvalue weighted by Crippen LogP contribution is -2.48. The number of hydrogen-bond acceptors (Lipinski definition) is 5. The van der Waals surface area contributed by atoms with Crippen molar-refractivity contribution in [2.24, 2.45) is 0 Å². The molecule has 2 N–H and O–H groups in total. The van der Waals surface area contributed by atoms with Gasteiger partial charge in [0.15, 0.2) is 0 Å². The van der Waals surface area contributed by atoms with Crippen molar-refractivity contribution in [3.05, 3.63) is 0 Å². The SMILES string of the molecule is CCCNC1CCCN(CC(O)COCCOC)C1. The van der Waals surface area contributed by atoms with Gasteiger partial charge < -0.3 is 19.9 Å². The molecule has 0 radical (unpaired) electrons. The van der Waals surface area contributed by atoms with E-state index in [2.05, 4.69) is 17.1 Å². The number of nitrogens with one attached hydrogen (secondary N) is 1. The fraction of sp³-hybridized carbons (Fsp3) is 1.00. The van der Waals surface area contributed by atoms with Crippen molar-refractivity contribution < 1.29 is 14.6 Å². The van der Waals surface area contributed by atoms with E-state index in [1.807, 2.05) is 0 Å². The van der Waals surface area contributed by atoms with Crippen LogP contribution in [0.5, 0.6) is 0 Å². The molecule has 2 atom stereocenters. The smallest absolute Gasteiger partial charge is 0.0900 e. The molecule has 1 aliphatic heterocycles. The molecule has 1 rings (SSSR count). The van der Waals surface area contributed by atoms with Gasteiger partial charge in [-0.25, -0.2) is 0 Å². The van der Waals surface area contributed by atoms with Crippen LogP contribution in [0.4, 0.5) is 0 Å². The summed E-state index contributed by atoms with van der Waals surface area (Å²) in [5.74, 6) is 0. The summed E-state index contributed by atoms with van der Waals surface area (Å²) in [6, 6.07) is 0.579. The summed E-state index contributed by atoms with van der Waals surface area (Å²) >= 11 is 0. The predicted octanol–water partition coefficient (Wildman–Crippen LogP) is 0.474. The molecule has 0 bridgehead atoms. The van der Waals surface area contributed by atoms with Crippen LogP contribution in [0.3, 0.4) is 0 Å². The number of β-amino-alcohol motifs (C(OH)–C–C–N with tert-alkyl or cyclic N) is 1. The maximum atomic E-state index is 9.94. The first-order valence-electron chi connectivity index (χ1n) is 7.46. The van der Waals surface area contributed by atoms with Gasteiger partial charge in [-0.3, -0.25) is 4.90 Å². The van der Waals surface area contributed by atoms with Gasteiger partial charge in [0, 0.05) is 26.2 Å². The van der Waals surface area contributed by atoms with Crippen LogP contribution >= 0.6 is 0 Å². The molecule has 0 aromatic carbocycles. The maximum Gasteiger partial charge on any atom is 0.0900 e. The fourth-order valence-electron chi connectivity index (χ4n) is 2.45. The highest BCUT2D eigenvalue weighted by Gasteiger charge is 2.21. The van der Waals surface area contributed by atoms with Crippen LogP contribution in [0.15, 0.2) is 0 Å². The van der Waals surface area contributed by atoms with E-state index in [1.165, 1.54) is 19.3 Å². The molecule has 0 saturated carbocycles. The standard InChI is InChI=1S/C14H30N2O3/c1-3-6-15-13-5-4-7-16(10-13)11-14(17)12-19-9-8-18-2/h13-15,17H,3-12H2,1-2H3. The van der Waals surface area contributed by atoms with Gasteiger partial charge in [-0.1, -0.05) is 6.92 Å². The average Bonchev–Trinajstić information content (AvgIpc) is 2.42. The van der Waals surface area contributed by atoms with Crippen molar-refractivity contribution in [3.63, 3.8) is 0 Å². The Morgan fingerprint density at radius 2 is 2.26 bits per heavy atom. The first kappa shape index (κ1) is 16.9. The van der Waals surface area contributed by atoms with Crippen molar-refractivity contribution in [2.75, 3.05) is 53.1 Å². The number of hydrogen-bond donors (Lipinski definition) is 2. The van der Waals surface area contributed by atoms with Crippen molar-refractivity contribution >= 4 is 0 Å². The van der Waals surface area contributed by atoms with E-state index in [0.717, 1.165) is 19.6 Å². The normalized spacial score (nSPS) is 22.6. The number of ether oxygens (including phenoxy) is 2. The average molecular weight is 274 g/mol. The summed E-state index contributed by atoms with van der Waals surface area (Å²) in [4.78, 5) is 2.33. The molecule has 0 amide bonds. The topological polar surface area (TPSA) is 54.0 Å². The molecule has 2 unspecified atom stereocenters. The van der Waals surface area contributed by atoms with Gasteiger partial charge in [0.1, 0.15) is 0 Å². The van der Waals surface area contributed by atoms with Crippen molar-refractivity contribution in [1.82, 2.24) is 10.2 Å². The Hall–Kier alpha value is -0.200. The van der Waals surface area contributed by atoms with Gasteiger partial charge in [-0.05, 0) is 32.4 Å². The third kappa shape index (κ3) is 7.84. The molecular formula is C14H30N2O3. The summed E-state index contributed by atoms with van der Waals surface area (Å²) < 4.78 is 10.3. The second-order valence-corrected chi connectivity index (χ2v) is 5.27. The highest BCUT2D eigenvalue weighted by molar-refractivity contribution is 4.79. The Bertz CT molecular complexity index is 217. The van der Waals surface area contributed by atoms with Gasteiger partial charge in [0.05, 0.1) is 25.9 Å². The molecule has 5 heteroatoms. The van der Waals surface area contributed by atoms with Crippen molar-refractivity contribution in [2.45, 2.75) is 38.3 Å². The number of aliphatic hydroxyl groups is 1. The number of piperidine rings is 1. The molecule has 1 saturated heterocycles. The molecule has 5 nitrogen and oxygen atoms in total. The van der Waals surface area contributed by atoms with Crippen LogP contribution < -0.4 is 5.32 Å². The van der Waals surface area contributed by atoms with E-state index in [0.29, 0.717) is 32.4 Å². The first-order chi connectivity index (χ1) is 9.26. The van der Waals surface area contributed by atoms with Gasteiger partial charge >= 0.3 is 0 Å². The first-order valence-corrected chi connectivity index (χ1v) is 7.46. The minimum absolute atomic E-state index is 0.396. The lowest BCUT2D eigenvalue weighted by atomic mass is 10.1. The largest absolute Gasteiger partial charge is 0.389 e. The number of rotatable bonds is 10. The van der Waals surface area contributed by atoms with Crippen LogP contribution in [0.2, 0.25) is 0 Å². The Kier molecular flexibility index (Phi) is 9.38. The predicted molar refractivity (Wildman–Crippen MR) is 76.5 cm³/mol. The van der Waals surface area contributed by atoms with E-state index in [1.54, 1.807) is 7.11 Å². The van der Waals surface area contributed by atoms with Crippen LogP contribution in [0.1, 0.15) is 26.2 Å². The summed E-state index contributed by atoms with van der Waals surface area (Å²) in [6.07, 6.45) is 3.23. The fourth-order valence-corrected chi connectivity index (χ4v) is 2.45. The zero-order valence-electron chi connectivity index (χ0n) is 12.4. The van der Waals surface area contributed by atoms with Gasteiger partial charge in [-0.15, -0.1) is 0 Å². The Morgan fingerprint density at radius 1 is 1.42 bits per heavy atom. The summed E-state index contributed by atoms with van der Waals surface area (Å²) in [7, 11) is 1.65. The monoisotopic (exact) mass is 274 g/mol. The van der Waals surface area contributed by atoms with Crippen LogP contribution in [0.25, 0.3) is 0 Å². The highest BCUT2D eigenvalue weighted by Crippen LogP contribution is 2.10. The van der Waals surface area contributed by atoms with E-state index in [4.69, 9.17) is 9.47 Å². The third-order valence-corrected chi connectivity index (χ3v) is 3.40. The maximum absolute atomic E-state index is 9.94. The van der Waals surface area contributed by atoms with Crippen molar-refractivity contribution in [3.8, 4) is 0 Å². The molecule has 1 heterocycles. The Morgan fingerprint density at radius 3 is 3.00 bits per heavy atom. The van der Waals surface area contributed by atoms with Gasteiger partial charge in [0.25, 0.3) is 0 Å². The molecule has 0 spiro atoms. The minimum atomic E-state index is -0.401. The highest BCUT2D eigenvalue weighted by atomic mass is 16.5. The summed E-state index contributed by atoms with van der Waals surface area (Å²) in [5.41, 5.74) is 0. The number of likely N-dealkylation sites (tertiary alicyclic amines) is 1. The molecule has 0 aliphatic carbocycles. The molecule has 0 aromatic heterocycles. The van der Waals surface area contributed by atoms with E-state index in [-0.39, 0.29) is 0 Å². The molecule has 114 valence electrons. The van der Waals surface area contributed by atoms with E-state index >= 15 is 0 Å². The Balaban J connectivity index is 2.12. The molecular weight excluding hydrogens is 244 g/mol. The quantitative estimate of drug-likeness (QED) is 0.567. The van der Waals surface area contributed by atoms with Crippen LogP contribution in [-0.2, 0) is 9.47 Å². The number of aliphatic hydroxyl groups excluding tert-OH is 1.